The Bertz CT molecular complexity index is 396. The summed E-state index contributed by atoms with van der Waals surface area (Å²) in [5.74, 6) is 0.841. The summed E-state index contributed by atoms with van der Waals surface area (Å²) in [4.78, 5) is 11.7. The van der Waals surface area contributed by atoms with Crippen molar-refractivity contribution in [3.63, 3.8) is 0 Å². The van der Waals surface area contributed by atoms with Crippen LogP contribution < -0.4 is 15.8 Å². The molecule has 1 amide bonds. The summed E-state index contributed by atoms with van der Waals surface area (Å²) in [5, 5.41) is 2.82. The Balaban J connectivity index is 2.67. The van der Waals surface area contributed by atoms with Crippen molar-refractivity contribution in [1.29, 1.82) is 0 Å². The first-order chi connectivity index (χ1) is 8.05. The van der Waals surface area contributed by atoms with E-state index in [9.17, 15) is 4.79 Å². The maximum absolute atomic E-state index is 11.7. The Hall–Kier alpha value is -1.07. The van der Waals surface area contributed by atoms with Crippen LogP contribution in [0.2, 0.25) is 0 Å². The minimum absolute atomic E-state index is 0.0388. The van der Waals surface area contributed by atoms with E-state index in [0.29, 0.717) is 24.4 Å². The zero-order chi connectivity index (χ0) is 12.8. The molecule has 1 rings (SSSR count). The number of nitrogens with one attached hydrogen (secondary N) is 1. The third-order valence-electron chi connectivity index (χ3n) is 2.33. The van der Waals surface area contributed by atoms with Crippen LogP contribution in [0.1, 0.15) is 13.3 Å². The number of hydrogen-bond donors (Lipinski definition) is 2. The fourth-order valence-electron chi connectivity index (χ4n) is 1.36. The van der Waals surface area contributed by atoms with Crippen LogP contribution in [0.25, 0.3) is 0 Å². The number of hydrogen-bond acceptors (Lipinski definition) is 3. The lowest BCUT2D eigenvalue weighted by Crippen LogP contribution is -2.20. The zero-order valence-electron chi connectivity index (χ0n) is 10.00. The summed E-state index contributed by atoms with van der Waals surface area (Å²) in [6.07, 6.45) is 0.422. The van der Waals surface area contributed by atoms with E-state index in [2.05, 4.69) is 21.2 Å². The first-order valence-electron chi connectivity index (χ1n) is 5.39. The Morgan fingerprint density at radius 2 is 2.24 bits per heavy atom. The Morgan fingerprint density at radius 3 is 2.82 bits per heavy atom. The molecule has 0 bridgehead atoms. The van der Waals surface area contributed by atoms with E-state index < -0.39 is 0 Å². The summed E-state index contributed by atoms with van der Waals surface area (Å²) < 4.78 is 5.98. The highest BCUT2D eigenvalue weighted by Gasteiger charge is 2.08. The molecule has 0 saturated carbocycles. The third-order valence-corrected chi connectivity index (χ3v) is 2.78. The zero-order valence-corrected chi connectivity index (χ0v) is 11.6. The number of ether oxygens (including phenoxy) is 1. The van der Waals surface area contributed by atoms with E-state index in [1.807, 2.05) is 19.1 Å². The van der Waals surface area contributed by atoms with Gasteiger partial charge in [-0.2, -0.15) is 0 Å². The predicted octanol–water partition coefficient (Wildman–Crippen LogP) is 2.38. The monoisotopic (exact) mass is 300 g/mol. The second-order valence-electron chi connectivity index (χ2n) is 3.97. The predicted molar refractivity (Wildman–Crippen MR) is 72.2 cm³/mol. The molecule has 94 valence electrons. The molecule has 3 N–H and O–H groups in total. The van der Waals surface area contributed by atoms with Crippen molar-refractivity contribution >= 4 is 27.5 Å². The van der Waals surface area contributed by atoms with Gasteiger partial charge in [0.05, 0.1) is 7.11 Å². The number of methoxy groups -OCH3 is 1. The second-order valence-corrected chi connectivity index (χ2v) is 4.89. The molecule has 1 aromatic carbocycles. The Labute approximate surface area is 110 Å². The SMILES string of the molecule is COc1cc(Br)cc(NC(=O)CC(C)CN)c1. The van der Waals surface area contributed by atoms with Gasteiger partial charge in [-0.15, -0.1) is 0 Å². The van der Waals surface area contributed by atoms with Gasteiger partial charge in [-0.05, 0) is 24.6 Å². The molecule has 0 aromatic heterocycles. The lowest BCUT2D eigenvalue weighted by atomic mass is 10.1. The van der Waals surface area contributed by atoms with Gasteiger partial charge in [0, 0.05) is 22.6 Å². The molecule has 0 saturated heterocycles. The topological polar surface area (TPSA) is 64.3 Å². The molecule has 1 atom stereocenters. The Kier molecular flexibility index (Phi) is 5.44. The highest BCUT2D eigenvalue weighted by Crippen LogP contribution is 2.24. The Morgan fingerprint density at radius 1 is 1.53 bits per heavy atom. The molecule has 0 heterocycles. The highest BCUT2D eigenvalue weighted by molar-refractivity contribution is 9.10. The van der Waals surface area contributed by atoms with Crippen molar-refractivity contribution < 1.29 is 9.53 Å². The van der Waals surface area contributed by atoms with Crippen molar-refractivity contribution in [2.45, 2.75) is 13.3 Å². The fraction of sp³-hybridized carbons (Fsp3) is 0.417. The van der Waals surface area contributed by atoms with Crippen LogP contribution in [-0.2, 0) is 4.79 Å². The molecule has 17 heavy (non-hydrogen) atoms. The fourth-order valence-corrected chi connectivity index (χ4v) is 1.84. The number of benzene rings is 1. The van der Waals surface area contributed by atoms with Gasteiger partial charge in [0.2, 0.25) is 5.91 Å². The summed E-state index contributed by atoms with van der Waals surface area (Å²) >= 11 is 3.36. The van der Waals surface area contributed by atoms with Crippen LogP contribution in [0.5, 0.6) is 5.75 Å². The summed E-state index contributed by atoms with van der Waals surface area (Å²) in [6, 6.07) is 5.43. The van der Waals surface area contributed by atoms with E-state index in [-0.39, 0.29) is 11.8 Å². The number of carbonyl (C=O) groups is 1. The average molecular weight is 301 g/mol. The quantitative estimate of drug-likeness (QED) is 0.877. The van der Waals surface area contributed by atoms with Gasteiger partial charge in [-0.3, -0.25) is 4.79 Å². The lowest BCUT2D eigenvalue weighted by Gasteiger charge is -2.10. The first-order valence-corrected chi connectivity index (χ1v) is 6.19. The van der Waals surface area contributed by atoms with Crippen LogP contribution >= 0.6 is 15.9 Å². The first kappa shape index (κ1) is 14.0. The van der Waals surface area contributed by atoms with Crippen molar-refractivity contribution in [2.75, 3.05) is 19.0 Å². The van der Waals surface area contributed by atoms with Crippen LogP contribution in [0.15, 0.2) is 22.7 Å². The molecule has 0 aliphatic heterocycles. The summed E-state index contributed by atoms with van der Waals surface area (Å²) in [5.41, 5.74) is 6.19. The van der Waals surface area contributed by atoms with Gasteiger partial charge in [0.25, 0.3) is 0 Å². The number of amides is 1. The van der Waals surface area contributed by atoms with Gasteiger partial charge in [-0.1, -0.05) is 22.9 Å². The van der Waals surface area contributed by atoms with Crippen molar-refractivity contribution in [1.82, 2.24) is 0 Å². The second kappa shape index (κ2) is 6.61. The number of halogens is 1. The standard InChI is InChI=1S/C12H17BrN2O2/c1-8(7-14)3-12(16)15-10-4-9(13)5-11(6-10)17-2/h4-6,8H,3,7,14H2,1-2H3,(H,15,16). The summed E-state index contributed by atoms with van der Waals surface area (Å²) in [6.45, 7) is 2.45. The maximum atomic E-state index is 11.7. The molecule has 0 fully saturated rings. The van der Waals surface area contributed by atoms with Crippen LogP contribution in [-0.4, -0.2) is 19.6 Å². The highest BCUT2D eigenvalue weighted by atomic mass is 79.9. The van der Waals surface area contributed by atoms with Gasteiger partial charge < -0.3 is 15.8 Å². The average Bonchev–Trinajstić information content (AvgIpc) is 2.27. The molecule has 1 aromatic rings. The van der Waals surface area contributed by atoms with Gasteiger partial charge in [0.1, 0.15) is 5.75 Å². The molecular weight excluding hydrogens is 284 g/mol. The van der Waals surface area contributed by atoms with Crippen molar-refractivity contribution in [3.8, 4) is 5.75 Å². The third kappa shape index (κ3) is 4.75. The number of nitrogens with two attached hydrogens (primary N) is 1. The number of anilines is 1. The molecule has 1 unspecified atom stereocenters. The molecule has 5 heteroatoms. The molecule has 4 nitrogen and oxygen atoms in total. The van der Waals surface area contributed by atoms with Crippen LogP contribution in [0.3, 0.4) is 0 Å². The van der Waals surface area contributed by atoms with Gasteiger partial charge in [0.15, 0.2) is 0 Å². The van der Waals surface area contributed by atoms with E-state index in [1.54, 1.807) is 13.2 Å². The minimum atomic E-state index is -0.0388. The van der Waals surface area contributed by atoms with Crippen molar-refractivity contribution in [2.24, 2.45) is 11.7 Å². The molecule has 0 aliphatic rings. The van der Waals surface area contributed by atoms with E-state index in [4.69, 9.17) is 10.5 Å². The largest absolute Gasteiger partial charge is 0.497 e. The summed E-state index contributed by atoms with van der Waals surface area (Å²) in [7, 11) is 1.59. The van der Waals surface area contributed by atoms with Crippen LogP contribution in [0, 0.1) is 5.92 Å². The van der Waals surface area contributed by atoms with Gasteiger partial charge in [-0.25, -0.2) is 0 Å². The lowest BCUT2D eigenvalue weighted by molar-refractivity contribution is -0.116. The van der Waals surface area contributed by atoms with Gasteiger partial charge >= 0.3 is 0 Å². The number of rotatable bonds is 5. The molecular formula is C12H17BrN2O2. The van der Waals surface area contributed by atoms with Crippen LogP contribution in [0.4, 0.5) is 5.69 Å². The maximum Gasteiger partial charge on any atom is 0.224 e. The normalized spacial score (nSPS) is 12.0. The minimum Gasteiger partial charge on any atom is -0.497 e. The molecule has 0 spiro atoms. The molecule has 0 aliphatic carbocycles. The van der Waals surface area contributed by atoms with Crippen molar-refractivity contribution in [3.05, 3.63) is 22.7 Å². The van der Waals surface area contributed by atoms with E-state index in [1.165, 1.54) is 0 Å². The van der Waals surface area contributed by atoms with E-state index in [0.717, 1.165) is 4.47 Å². The smallest absolute Gasteiger partial charge is 0.224 e. The molecule has 0 radical (unpaired) electrons. The number of carbonyl (C=O) groups excluding carboxylic acids is 1. The van der Waals surface area contributed by atoms with E-state index >= 15 is 0 Å².